The number of hydrogen-bond donors (Lipinski definition) is 1. The minimum atomic E-state index is -5.17. The van der Waals surface area contributed by atoms with E-state index < -0.39 is 75.3 Å². The van der Waals surface area contributed by atoms with Crippen molar-refractivity contribution < 1.29 is 52.7 Å². The summed E-state index contributed by atoms with van der Waals surface area (Å²) in [5.41, 5.74) is -8.80. The summed E-state index contributed by atoms with van der Waals surface area (Å²) >= 11 is 0. The van der Waals surface area contributed by atoms with Crippen molar-refractivity contribution in [1.82, 2.24) is 5.32 Å². The third-order valence-corrected chi connectivity index (χ3v) is 9.51. The molecule has 18 heteroatoms. The number of aliphatic imine (C=N–C) groups is 1. The average Bonchev–Trinajstić information content (AvgIpc) is 3.64. The Balaban J connectivity index is 1.41. The maximum Gasteiger partial charge on any atom is 0.416 e. The normalized spacial score (nSPS) is 15.8. The monoisotopic (exact) mass is 806 g/mol. The van der Waals surface area contributed by atoms with E-state index in [1.807, 2.05) is 0 Å². The minimum absolute atomic E-state index is 0.00435. The van der Waals surface area contributed by atoms with Crippen LogP contribution in [-0.2, 0) is 24.7 Å². The van der Waals surface area contributed by atoms with Crippen LogP contribution in [0.5, 0.6) is 0 Å². The molecule has 1 atom stereocenters. The maximum atomic E-state index is 13.7. The van der Waals surface area contributed by atoms with Crippen LogP contribution in [-0.4, -0.2) is 11.8 Å². The molecule has 0 bridgehead atoms. The van der Waals surface area contributed by atoms with Crippen LogP contribution in [0.3, 0.4) is 0 Å². The van der Waals surface area contributed by atoms with E-state index in [4.69, 9.17) is 0 Å². The lowest BCUT2D eigenvalue weighted by Crippen LogP contribution is -2.36. The Bertz CT molecular complexity index is 2710. The summed E-state index contributed by atoms with van der Waals surface area (Å²) in [5, 5.41) is 42.9. The fourth-order valence-electron chi connectivity index (χ4n) is 6.99. The molecule has 3 aliphatic rings. The molecule has 0 spiro atoms. The van der Waals surface area contributed by atoms with Gasteiger partial charge in [0.25, 0.3) is 0 Å². The van der Waals surface area contributed by atoms with Gasteiger partial charge in [-0.1, -0.05) is 24.3 Å². The fourth-order valence-corrected chi connectivity index (χ4v) is 6.99. The number of hydrogen-bond acceptors (Lipinski definition) is 6. The third-order valence-electron chi connectivity index (χ3n) is 9.51. The highest BCUT2D eigenvalue weighted by Gasteiger charge is 2.44. The summed E-state index contributed by atoms with van der Waals surface area (Å²) in [6, 6.07) is 14.8. The van der Waals surface area contributed by atoms with Gasteiger partial charge in [0, 0.05) is 22.3 Å². The van der Waals surface area contributed by atoms with Crippen molar-refractivity contribution in [1.29, 1.82) is 21.0 Å². The smallest absolute Gasteiger partial charge is 0.370 e. The second kappa shape index (κ2) is 13.1. The Morgan fingerprint density at radius 3 is 1.31 bits per heavy atom. The second-order valence-electron chi connectivity index (χ2n) is 12.9. The lowest BCUT2D eigenvalue weighted by molar-refractivity contribution is -0.144. The molecule has 0 radical (unpaired) electrons. The van der Waals surface area contributed by atoms with Gasteiger partial charge in [0.1, 0.15) is 35.4 Å². The van der Waals surface area contributed by atoms with Gasteiger partial charge in [-0.05, 0) is 81.9 Å². The highest BCUT2D eigenvalue weighted by Crippen LogP contribution is 2.50. The van der Waals surface area contributed by atoms with Crippen LogP contribution in [0, 0.1) is 45.3 Å². The van der Waals surface area contributed by atoms with Gasteiger partial charge < -0.3 is 5.32 Å². The molecule has 0 saturated heterocycles. The Labute approximate surface area is 317 Å². The van der Waals surface area contributed by atoms with Crippen LogP contribution >= 0.6 is 0 Å². The summed E-state index contributed by atoms with van der Waals surface area (Å²) in [5.74, 6) is 0. The Morgan fingerprint density at radius 2 is 0.897 bits per heavy atom. The van der Waals surface area contributed by atoms with Gasteiger partial charge in [-0.3, -0.25) is 0 Å². The molecule has 288 valence electrons. The van der Waals surface area contributed by atoms with Crippen molar-refractivity contribution in [3.05, 3.63) is 134 Å². The standard InChI is InChI=1S/C40H14F12N6/c41-37(42,43)23-5-19(6-24(11-23)38(44,45)46)17-1-3-27-29(9-17)31(21(13-53)14-54)35-33(27)57-36-32(22(15-55)16-56)30-10-18(2-4-28(30)34(36)58-35)20-7-25(39(47,48)49)12-26(8-20)40(50,51)52/h1-12,35,58H. The molecule has 6 nitrogen and oxygen atoms in total. The molecule has 0 aromatic heterocycles. The number of nitrogens with one attached hydrogen (secondary N) is 1. The van der Waals surface area contributed by atoms with Crippen molar-refractivity contribution in [2.75, 3.05) is 0 Å². The van der Waals surface area contributed by atoms with Crippen molar-refractivity contribution in [2.45, 2.75) is 30.7 Å². The van der Waals surface area contributed by atoms with Crippen LogP contribution in [0.2, 0.25) is 0 Å². The molecular weight excluding hydrogens is 792 g/mol. The van der Waals surface area contributed by atoms with Gasteiger partial charge in [0.05, 0.1) is 45.4 Å². The van der Waals surface area contributed by atoms with Crippen LogP contribution in [0.1, 0.15) is 44.5 Å². The molecule has 1 aliphatic heterocycles. The Hall–Kier alpha value is -7.31. The number of benzene rings is 4. The first-order valence-corrected chi connectivity index (χ1v) is 16.2. The van der Waals surface area contributed by atoms with Gasteiger partial charge in [-0.25, -0.2) is 4.99 Å². The molecule has 0 amide bonds. The van der Waals surface area contributed by atoms with Gasteiger partial charge >= 0.3 is 24.7 Å². The molecule has 0 saturated carbocycles. The number of alkyl halides is 12. The predicted molar refractivity (Wildman–Crippen MR) is 180 cm³/mol. The van der Waals surface area contributed by atoms with Crippen LogP contribution in [0.25, 0.3) is 39.1 Å². The number of nitriles is 4. The largest absolute Gasteiger partial charge is 0.416 e. The zero-order chi connectivity index (χ0) is 42.3. The topological polar surface area (TPSA) is 120 Å². The Morgan fingerprint density at radius 1 is 0.483 bits per heavy atom. The lowest BCUT2D eigenvalue weighted by Gasteiger charge is -2.24. The molecule has 2 aliphatic carbocycles. The number of rotatable bonds is 2. The highest BCUT2D eigenvalue weighted by molar-refractivity contribution is 6.24. The molecule has 0 fully saturated rings. The average molecular weight is 807 g/mol. The molecule has 4 aromatic rings. The first-order chi connectivity index (χ1) is 27.1. The Kier molecular flexibility index (Phi) is 8.82. The van der Waals surface area contributed by atoms with E-state index >= 15 is 0 Å². The van der Waals surface area contributed by atoms with Crippen LogP contribution < -0.4 is 5.32 Å². The van der Waals surface area contributed by atoms with E-state index in [0.29, 0.717) is 24.3 Å². The fraction of sp³-hybridized carbons (Fsp3) is 0.125. The molecular formula is C40H14F12N6. The van der Waals surface area contributed by atoms with Crippen molar-refractivity contribution >= 4 is 22.6 Å². The molecule has 1 unspecified atom stereocenters. The van der Waals surface area contributed by atoms with Crippen molar-refractivity contribution in [3.8, 4) is 46.5 Å². The third kappa shape index (κ3) is 6.48. The van der Waals surface area contributed by atoms with Crippen molar-refractivity contribution in [3.63, 3.8) is 0 Å². The van der Waals surface area contributed by atoms with E-state index in [1.165, 1.54) is 36.4 Å². The van der Waals surface area contributed by atoms with E-state index in [-0.39, 0.29) is 73.8 Å². The van der Waals surface area contributed by atoms with E-state index in [1.54, 1.807) is 24.3 Å². The lowest BCUT2D eigenvalue weighted by atomic mass is 9.93. The van der Waals surface area contributed by atoms with Crippen LogP contribution in [0.4, 0.5) is 52.7 Å². The summed E-state index contributed by atoms with van der Waals surface area (Å²) in [6.07, 6.45) is -20.7. The molecule has 1 heterocycles. The van der Waals surface area contributed by atoms with Gasteiger partial charge in [0.15, 0.2) is 0 Å². The quantitative estimate of drug-likeness (QED) is 0.160. The summed E-state index contributed by atoms with van der Waals surface area (Å²) in [7, 11) is 0. The molecule has 58 heavy (non-hydrogen) atoms. The second-order valence-corrected chi connectivity index (χ2v) is 12.9. The van der Waals surface area contributed by atoms with Gasteiger partial charge in [-0.15, -0.1) is 0 Å². The van der Waals surface area contributed by atoms with Crippen molar-refractivity contribution in [2.24, 2.45) is 4.99 Å². The predicted octanol–water partition coefficient (Wildman–Crippen LogP) is 10.9. The number of fused-ring (bicyclic) bond motifs is 5. The number of allylic oxidation sites excluding steroid dienone is 3. The SMILES string of the molecule is N#CC(C#N)=C1C2=C(NC3C(=N2)c2ccc(-c4cc(C(F)(F)F)cc(C(F)(F)F)c4)cc2C3=C(C#N)C#N)c2ccc(-c3cc(C(F)(F)F)cc(C(F)(F)F)c3)cc21. The van der Waals surface area contributed by atoms with E-state index in [2.05, 4.69) is 10.3 Å². The zero-order valence-electron chi connectivity index (χ0n) is 28.3. The highest BCUT2D eigenvalue weighted by atomic mass is 19.4. The van der Waals surface area contributed by atoms with E-state index in [0.717, 1.165) is 0 Å². The number of halogens is 12. The summed E-state index contributed by atoms with van der Waals surface area (Å²) < 4.78 is 165. The number of nitrogens with zero attached hydrogens (tertiary/aromatic N) is 5. The minimum Gasteiger partial charge on any atom is -0.370 e. The first-order valence-electron chi connectivity index (χ1n) is 16.2. The summed E-state index contributed by atoms with van der Waals surface area (Å²) in [4.78, 5) is 4.68. The maximum absolute atomic E-state index is 13.7. The summed E-state index contributed by atoms with van der Waals surface area (Å²) in [6.45, 7) is 0. The first kappa shape index (κ1) is 38.9. The van der Waals surface area contributed by atoms with E-state index in [9.17, 15) is 73.7 Å². The molecule has 4 aromatic carbocycles. The van der Waals surface area contributed by atoms with Gasteiger partial charge in [-0.2, -0.15) is 73.7 Å². The zero-order valence-corrected chi connectivity index (χ0v) is 28.3. The molecule has 1 N–H and O–H groups in total. The van der Waals surface area contributed by atoms with Gasteiger partial charge in [0.2, 0.25) is 0 Å². The molecule has 7 rings (SSSR count). The van der Waals surface area contributed by atoms with Crippen LogP contribution in [0.15, 0.2) is 94.6 Å².